The molecule has 116 valence electrons. The maximum atomic E-state index is 11.7. The molecule has 1 aromatic carbocycles. The number of furan rings is 1. The van der Waals surface area contributed by atoms with Gasteiger partial charge < -0.3 is 14.5 Å². The van der Waals surface area contributed by atoms with Crippen LogP contribution in [-0.4, -0.2) is 17.4 Å². The summed E-state index contributed by atoms with van der Waals surface area (Å²) in [5.74, 6) is 0.667. The number of nitrogens with one attached hydrogen (secondary N) is 1. The molecule has 22 heavy (non-hydrogen) atoms. The summed E-state index contributed by atoms with van der Waals surface area (Å²) in [5.41, 5.74) is 1.11. The van der Waals surface area contributed by atoms with Gasteiger partial charge in [0.1, 0.15) is 11.5 Å². The molecule has 0 radical (unpaired) electrons. The summed E-state index contributed by atoms with van der Waals surface area (Å²) in [6, 6.07) is 6.50. The molecule has 0 fully saturated rings. The van der Waals surface area contributed by atoms with Crippen molar-refractivity contribution in [1.29, 1.82) is 0 Å². The molecule has 0 saturated heterocycles. The smallest absolute Gasteiger partial charge is 0.276 e. The lowest BCUT2D eigenvalue weighted by molar-refractivity contribution is -0.385. The number of benzene rings is 1. The molecule has 0 atom stereocenters. The zero-order valence-electron chi connectivity index (χ0n) is 12.3. The average Bonchev–Trinajstić information content (AvgIpc) is 2.97. The van der Waals surface area contributed by atoms with Gasteiger partial charge in [-0.2, -0.15) is 0 Å². The largest absolute Gasteiger partial charge is 0.483 e. The number of hydrogen-bond donors (Lipinski definition) is 1. The summed E-state index contributed by atoms with van der Waals surface area (Å²) < 4.78 is 10.5. The number of ether oxygens (including phenoxy) is 1. The van der Waals surface area contributed by atoms with Crippen molar-refractivity contribution in [1.82, 2.24) is 5.32 Å². The van der Waals surface area contributed by atoms with E-state index in [1.54, 1.807) is 32.0 Å². The van der Waals surface area contributed by atoms with Crippen LogP contribution in [0.15, 0.2) is 34.9 Å². The number of nitro benzene ring substituents is 1. The Kier molecular flexibility index (Phi) is 4.77. The number of carbonyl (C=O) groups excluding carboxylic acids is 1. The Morgan fingerprint density at radius 3 is 2.77 bits per heavy atom. The van der Waals surface area contributed by atoms with Crippen molar-refractivity contribution in [2.24, 2.45) is 0 Å². The van der Waals surface area contributed by atoms with E-state index in [2.05, 4.69) is 5.32 Å². The molecule has 0 saturated carbocycles. The third-order valence-electron chi connectivity index (χ3n) is 3.16. The van der Waals surface area contributed by atoms with Crippen molar-refractivity contribution in [3.63, 3.8) is 0 Å². The highest BCUT2D eigenvalue weighted by Crippen LogP contribution is 2.30. The highest BCUT2D eigenvalue weighted by molar-refractivity contribution is 5.77. The van der Waals surface area contributed by atoms with Gasteiger partial charge in [-0.1, -0.05) is 0 Å². The minimum Gasteiger partial charge on any atom is -0.483 e. The van der Waals surface area contributed by atoms with Crippen LogP contribution in [0, 0.1) is 24.0 Å². The molecule has 0 bridgehead atoms. The number of rotatable bonds is 6. The summed E-state index contributed by atoms with van der Waals surface area (Å²) >= 11 is 0. The predicted molar refractivity (Wildman–Crippen MR) is 78.6 cm³/mol. The van der Waals surface area contributed by atoms with Crippen LogP contribution in [0.25, 0.3) is 0 Å². The Morgan fingerprint density at radius 2 is 2.14 bits per heavy atom. The number of aryl methyl sites for hydroxylation is 1. The number of hydrogen-bond acceptors (Lipinski definition) is 5. The zero-order chi connectivity index (χ0) is 16.1. The first kappa shape index (κ1) is 15.6. The number of nitro groups is 1. The molecule has 1 heterocycles. The van der Waals surface area contributed by atoms with Gasteiger partial charge in [0.05, 0.1) is 23.3 Å². The van der Waals surface area contributed by atoms with Crippen LogP contribution in [0.4, 0.5) is 5.69 Å². The normalized spacial score (nSPS) is 10.3. The van der Waals surface area contributed by atoms with E-state index in [0.717, 1.165) is 5.56 Å². The van der Waals surface area contributed by atoms with Crippen LogP contribution in [-0.2, 0) is 11.3 Å². The SMILES string of the molecule is Cc1ccc([N+](=O)[O-])c(C)c1OCC(=O)NCc1ccco1. The van der Waals surface area contributed by atoms with E-state index in [-0.39, 0.29) is 24.7 Å². The van der Waals surface area contributed by atoms with Crippen LogP contribution < -0.4 is 10.1 Å². The van der Waals surface area contributed by atoms with Crippen LogP contribution in [0.3, 0.4) is 0 Å². The lowest BCUT2D eigenvalue weighted by atomic mass is 10.1. The highest BCUT2D eigenvalue weighted by Gasteiger charge is 2.17. The topological polar surface area (TPSA) is 94.6 Å². The third kappa shape index (κ3) is 3.63. The van der Waals surface area contributed by atoms with E-state index < -0.39 is 4.92 Å². The number of nitrogens with zero attached hydrogens (tertiary/aromatic N) is 1. The molecule has 0 aliphatic rings. The van der Waals surface area contributed by atoms with Crippen LogP contribution in [0.5, 0.6) is 5.75 Å². The molecular weight excluding hydrogens is 288 g/mol. The van der Waals surface area contributed by atoms with E-state index >= 15 is 0 Å². The second-order valence-corrected chi connectivity index (χ2v) is 4.76. The zero-order valence-corrected chi connectivity index (χ0v) is 12.3. The Labute approximate surface area is 127 Å². The third-order valence-corrected chi connectivity index (χ3v) is 3.16. The van der Waals surface area contributed by atoms with E-state index in [1.807, 2.05) is 0 Å². The number of carbonyl (C=O) groups is 1. The fourth-order valence-electron chi connectivity index (χ4n) is 2.02. The van der Waals surface area contributed by atoms with Gasteiger partial charge in [0.2, 0.25) is 0 Å². The molecular formula is C15H16N2O5. The molecule has 0 unspecified atom stereocenters. The Hall–Kier alpha value is -2.83. The summed E-state index contributed by atoms with van der Waals surface area (Å²) in [4.78, 5) is 22.2. The molecule has 2 rings (SSSR count). The average molecular weight is 304 g/mol. The van der Waals surface area contributed by atoms with E-state index in [4.69, 9.17) is 9.15 Å². The molecule has 7 nitrogen and oxygen atoms in total. The van der Waals surface area contributed by atoms with E-state index in [9.17, 15) is 14.9 Å². The summed E-state index contributed by atoms with van der Waals surface area (Å²) in [5, 5.41) is 13.6. The molecule has 0 aliphatic carbocycles. The maximum absolute atomic E-state index is 11.7. The van der Waals surface area contributed by atoms with Crippen molar-refractivity contribution < 1.29 is 18.9 Å². The lowest BCUT2D eigenvalue weighted by Gasteiger charge is -2.12. The summed E-state index contributed by atoms with van der Waals surface area (Å²) in [6.07, 6.45) is 1.52. The van der Waals surface area contributed by atoms with Crippen molar-refractivity contribution in [2.45, 2.75) is 20.4 Å². The van der Waals surface area contributed by atoms with Crippen molar-refractivity contribution in [3.8, 4) is 5.75 Å². The van der Waals surface area contributed by atoms with Gasteiger partial charge >= 0.3 is 0 Å². The Balaban J connectivity index is 1.97. The Bertz CT molecular complexity index is 679. The van der Waals surface area contributed by atoms with Gasteiger partial charge in [-0.05, 0) is 37.6 Å². The quantitative estimate of drug-likeness (QED) is 0.653. The molecule has 1 aromatic heterocycles. The van der Waals surface area contributed by atoms with Gasteiger partial charge in [0.25, 0.3) is 11.6 Å². The molecule has 0 aliphatic heterocycles. The molecule has 2 aromatic rings. The summed E-state index contributed by atoms with van der Waals surface area (Å²) in [6.45, 7) is 3.42. The van der Waals surface area contributed by atoms with Gasteiger partial charge in [0, 0.05) is 6.07 Å². The van der Waals surface area contributed by atoms with E-state index in [1.165, 1.54) is 12.3 Å². The lowest BCUT2D eigenvalue weighted by Crippen LogP contribution is -2.28. The molecule has 0 spiro atoms. The van der Waals surface area contributed by atoms with Crippen LogP contribution in [0.2, 0.25) is 0 Å². The number of amides is 1. The van der Waals surface area contributed by atoms with Crippen molar-refractivity contribution >= 4 is 11.6 Å². The molecule has 1 amide bonds. The molecule has 7 heteroatoms. The van der Waals surface area contributed by atoms with E-state index in [0.29, 0.717) is 17.1 Å². The monoisotopic (exact) mass is 304 g/mol. The van der Waals surface area contributed by atoms with Crippen LogP contribution >= 0.6 is 0 Å². The standard InChI is InChI=1S/C15H16N2O5/c1-10-5-6-13(17(19)20)11(2)15(10)22-9-14(18)16-8-12-4-3-7-21-12/h3-7H,8-9H2,1-2H3,(H,16,18). The van der Waals surface area contributed by atoms with Gasteiger partial charge in [-0.25, -0.2) is 0 Å². The van der Waals surface area contributed by atoms with Gasteiger partial charge in [-0.3, -0.25) is 14.9 Å². The summed E-state index contributed by atoms with van der Waals surface area (Å²) in [7, 11) is 0. The first-order chi connectivity index (χ1) is 10.5. The Morgan fingerprint density at radius 1 is 1.36 bits per heavy atom. The maximum Gasteiger partial charge on any atom is 0.276 e. The van der Waals surface area contributed by atoms with Crippen LogP contribution in [0.1, 0.15) is 16.9 Å². The predicted octanol–water partition coefficient (Wildman–Crippen LogP) is 2.50. The first-order valence-corrected chi connectivity index (χ1v) is 6.65. The second kappa shape index (κ2) is 6.75. The van der Waals surface area contributed by atoms with Gasteiger partial charge in [-0.15, -0.1) is 0 Å². The fourth-order valence-corrected chi connectivity index (χ4v) is 2.02. The minimum atomic E-state index is -0.474. The minimum absolute atomic E-state index is 0.0309. The highest BCUT2D eigenvalue weighted by atomic mass is 16.6. The fraction of sp³-hybridized carbons (Fsp3) is 0.267. The second-order valence-electron chi connectivity index (χ2n) is 4.76. The van der Waals surface area contributed by atoms with Crippen molar-refractivity contribution in [3.05, 3.63) is 57.5 Å². The first-order valence-electron chi connectivity index (χ1n) is 6.65. The van der Waals surface area contributed by atoms with Gasteiger partial charge in [0.15, 0.2) is 6.61 Å². The van der Waals surface area contributed by atoms with Crippen molar-refractivity contribution in [2.75, 3.05) is 6.61 Å². The molecule has 1 N–H and O–H groups in total.